The molecule has 0 spiro atoms. The molecule has 3 aromatic carbocycles. The molecule has 0 fully saturated rings. The molecule has 1 aliphatic carbocycles. The fourth-order valence-corrected chi connectivity index (χ4v) is 3.85. The highest BCUT2D eigenvalue weighted by molar-refractivity contribution is 5.83. The number of aryl methyl sites for hydroxylation is 2. The minimum absolute atomic E-state index is 1.07. The van der Waals surface area contributed by atoms with Crippen LogP contribution in [0.2, 0.25) is 0 Å². The third-order valence-corrected chi connectivity index (χ3v) is 5.59. The van der Waals surface area contributed by atoms with Crippen LogP contribution in [0.15, 0.2) is 97.1 Å². The third-order valence-electron chi connectivity index (χ3n) is 5.59. The molecule has 0 bridgehead atoms. The van der Waals surface area contributed by atoms with E-state index in [1.165, 1.54) is 50.1 Å². The zero-order valence-corrected chi connectivity index (χ0v) is 16.7. The van der Waals surface area contributed by atoms with Gasteiger partial charge >= 0.3 is 0 Å². The molecule has 0 unspecified atom stereocenters. The molecule has 0 nitrogen and oxygen atoms in total. The van der Waals surface area contributed by atoms with Crippen LogP contribution < -0.4 is 0 Å². The van der Waals surface area contributed by atoms with Crippen LogP contribution in [0.25, 0.3) is 27.8 Å². The first-order chi connectivity index (χ1) is 13.7. The van der Waals surface area contributed by atoms with E-state index in [1.54, 1.807) is 0 Å². The monoisotopic (exact) mass is 362 g/mol. The topological polar surface area (TPSA) is 0 Å². The molecule has 28 heavy (non-hydrogen) atoms. The molecule has 0 aliphatic heterocycles. The van der Waals surface area contributed by atoms with E-state index in [2.05, 4.69) is 99.3 Å². The Hall–Kier alpha value is -3.12. The molecule has 0 radical (unpaired) electrons. The van der Waals surface area contributed by atoms with Gasteiger partial charge in [-0.25, -0.2) is 0 Å². The first kappa shape index (κ1) is 18.3. The molecule has 0 saturated carbocycles. The minimum atomic E-state index is 1.07. The van der Waals surface area contributed by atoms with Crippen LogP contribution in [0, 0.1) is 13.8 Å². The van der Waals surface area contributed by atoms with Crippen molar-refractivity contribution in [2.24, 2.45) is 0 Å². The lowest BCUT2D eigenvalue weighted by Crippen LogP contribution is -1.96. The van der Waals surface area contributed by atoms with Gasteiger partial charge < -0.3 is 0 Å². The highest BCUT2D eigenvalue weighted by atomic mass is 14.2. The average Bonchev–Trinajstić information content (AvgIpc) is 2.75. The van der Waals surface area contributed by atoms with Crippen molar-refractivity contribution in [2.75, 3.05) is 0 Å². The first-order valence-corrected chi connectivity index (χ1v) is 9.96. The van der Waals surface area contributed by atoms with Crippen molar-refractivity contribution >= 4 is 5.57 Å². The number of rotatable bonds is 4. The molecule has 3 aromatic rings. The Kier molecular flexibility index (Phi) is 5.12. The SMILES string of the molecule is C=CC1=C(c2cc(-c3ccc(-c4ccc(C)cc4)cc3)ccc2C)C=CCC1. The van der Waals surface area contributed by atoms with Crippen LogP contribution in [0.3, 0.4) is 0 Å². The maximum absolute atomic E-state index is 4.02. The number of hydrogen-bond acceptors (Lipinski definition) is 0. The minimum Gasteiger partial charge on any atom is -0.0988 e. The second kappa shape index (κ2) is 7.86. The van der Waals surface area contributed by atoms with Crippen molar-refractivity contribution in [2.45, 2.75) is 26.7 Å². The first-order valence-electron chi connectivity index (χ1n) is 9.96. The Morgan fingerprint density at radius 1 is 0.750 bits per heavy atom. The maximum Gasteiger partial charge on any atom is -0.0146 e. The fraction of sp³-hybridized carbons (Fsp3) is 0.143. The largest absolute Gasteiger partial charge is 0.0988 e. The Labute approximate surface area is 168 Å². The normalized spacial score (nSPS) is 13.6. The van der Waals surface area contributed by atoms with Crippen LogP contribution in [0.1, 0.15) is 29.5 Å². The summed E-state index contributed by atoms with van der Waals surface area (Å²) in [5.74, 6) is 0. The van der Waals surface area contributed by atoms with Crippen molar-refractivity contribution in [1.82, 2.24) is 0 Å². The van der Waals surface area contributed by atoms with Gasteiger partial charge in [-0.15, -0.1) is 0 Å². The van der Waals surface area contributed by atoms with Crippen molar-refractivity contribution in [3.05, 3.63) is 114 Å². The second-order valence-corrected chi connectivity index (χ2v) is 7.56. The lowest BCUT2D eigenvalue weighted by Gasteiger charge is -2.17. The second-order valence-electron chi connectivity index (χ2n) is 7.56. The van der Waals surface area contributed by atoms with Crippen LogP contribution in [0.5, 0.6) is 0 Å². The molecule has 1 aliphatic rings. The van der Waals surface area contributed by atoms with Gasteiger partial charge in [0.15, 0.2) is 0 Å². The summed E-state index contributed by atoms with van der Waals surface area (Å²) in [6.07, 6.45) is 8.72. The van der Waals surface area contributed by atoms with E-state index >= 15 is 0 Å². The van der Waals surface area contributed by atoms with E-state index < -0.39 is 0 Å². The summed E-state index contributed by atoms with van der Waals surface area (Å²) in [5.41, 5.74) is 11.6. The van der Waals surface area contributed by atoms with Crippen molar-refractivity contribution in [3.63, 3.8) is 0 Å². The predicted octanol–water partition coefficient (Wildman–Crippen LogP) is 7.93. The van der Waals surface area contributed by atoms with Gasteiger partial charge in [0.05, 0.1) is 0 Å². The van der Waals surface area contributed by atoms with Gasteiger partial charge in [0.2, 0.25) is 0 Å². The summed E-state index contributed by atoms with van der Waals surface area (Å²) in [6, 6.07) is 24.4. The Balaban J connectivity index is 1.70. The summed E-state index contributed by atoms with van der Waals surface area (Å²) in [7, 11) is 0. The maximum atomic E-state index is 4.02. The molecule has 0 saturated heterocycles. The quantitative estimate of drug-likeness (QED) is 0.442. The van der Waals surface area contributed by atoms with Gasteiger partial charge in [0, 0.05) is 0 Å². The molecule has 0 aromatic heterocycles. The van der Waals surface area contributed by atoms with Gasteiger partial charge in [-0.3, -0.25) is 0 Å². The Morgan fingerprint density at radius 3 is 1.96 bits per heavy atom. The van der Waals surface area contributed by atoms with Gasteiger partial charge in [-0.05, 0) is 77.3 Å². The molecule has 4 rings (SSSR count). The Morgan fingerprint density at radius 2 is 1.32 bits per heavy atom. The number of hydrogen-bond donors (Lipinski definition) is 0. The fourth-order valence-electron chi connectivity index (χ4n) is 3.85. The predicted molar refractivity (Wildman–Crippen MR) is 122 cm³/mol. The van der Waals surface area contributed by atoms with Gasteiger partial charge in [-0.2, -0.15) is 0 Å². The number of allylic oxidation sites excluding steroid dienone is 5. The van der Waals surface area contributed by atoms with Crippen LogP contribution in [0.4, 0.5) is 0 Å². The Bertz CT molecular complexity index is 1060. The van der Waals surface area contributed by atoms with Crippen molar-refractivity contribution < 1.29 is 0 Å². The van der Waals surface area contributed by atoms with Crippen molar-refractivity contribution in [1.29, 1.82) is 0 Å². The molecular formula is C28H26. The molecule has 0 heteroatoms. The van der Waals surface area contributed by atoms with E-state index in [4.69, 9.17) is 0 Å². The van der Waals surface area contributed by atoms with E-state index in [0.29, 0.717) is 0 Å². The van der Waals surface area contributed by atoms with Gasteiger partial charge in [0.1, 0.15) is 0 Å². The van der Waals surface area contributed by atoms with E-state index in [0.717, 1.165) is 12.8 Å². The molecular weight excluding hydrogens is 336 g/mol. The van der Waals surface area contributed by atoms with Crippen LogP contribution in [-0.4, -0.2) is 0 Å². The molecule has 138 valence electrons. The summed E-state index contributed by atoms with van der Waals surface area (Å²) < 4.78 is 0. The van der Waals surface area contributed by atoms with Gasteiger partial charge in [0.25, 0.3) is 0 Å². The molecule has 0 amide bonds. The zero-order valence-electron chi connectivity index (χ0n) is 16.7. The highest BCUT2D eigenvalue weighted by Crippen LogP contribution is 2.33. The van der Waals surface area contributed by atoms with Crippen LogP contribution in [-0.2, 0) is 0 Å². The molecule has 0 N–H and O–H groups in total. The standard InChI is InChI=1S/C28H26/c1-4-22-7-5-6-8-27(22)28-19-26(14-11-21(28)3)25-17-15-24(16-18-25)23-12-9-20(2)10-13-23/h4,6,8-19H,1,5,7H2,2-3H3. The van der Waals surface area contributed by atoms with E-state index in [1.807, 2.05) is 6.08 Å². The molecule has 0 heterocycles. The highest BCUT2D eigenvalue weighted by Gasteiger charge is 2.12. The van der Waals surface area contributed by atoms with Crippen LogP contribution >= 0.6 is 0 Å². The molecule has 0 atom stereocenters. The lowest BCUT2D eigenvalue weighted by molar-refractivity contribution is 0.996. The summed E-state index contributed by atoms with van der Waals surface area (Å²) in [5, 5.41) is 0. The average molecular weight is 363 g/mol. The smallest absolute Gasteiger partial charge is 0.0146 e. The lowest BCUT2D eigenvalue weighted by atomic mass is 9.88. The van der Waals surface area contributed by atoms with Crippen molar-refractivity contribution in [3.8, 4) is 22.3 Å². The summed E-state index contributed by atoms with van der Waals surface area (Å²) in [4.78, 5) is 0. The van der Waals surface area contributed by atoms with E-state index in [9.17, 15) is 0 Å². The summed E-state index contributed by atoms with van der Waals surface area (Å²) >= 11 is 0. The number of benzene rings is 3. The van der Waals surface area contributed by atoms with E-state index in [-0.39, 0.29) is 0 Å². The zero-order chi connectivity index (χ0) is 19.5. The third kappa shape index (κ3) is 3.64. The van der Waals surface area contributed by atoms with Gasteiger partial charge in [-0.1, -0.05) is 91.0 Å². The summed E-state index contributed by atoms with van der Waals surface area (Å²) in [6.45, 7) is 8.33.